The third-order valence-electron chi connectivity index (χ3n) is 3.30. The molecule has 2 nitrogen and oxygen atoms in total. The molecule has 0 fully saturated rings. The van der Waals surface area contributed by atoms with E-state index in [0.29, 0.717) is 5.02 Å². The summed E-state index contributed by atoms with van der Waals surface area (Å²) >= 11 is 12.2. The second kappa shape index (κ2) is 7.63. The molecule has 0 spiro atoms. The van der Waals surface area contributed by atoms with Crippen LogP contribution in [0.5, 0.6) is 0 Å². The zero-order valence-corrected chi connectivity index (χ0v) is 13.0. The lowest BCUT2D eigenvalue weighted by atomic mass is 10.0. The molecule has 0 saturated carbocycles. The first-order valence-corrected chi connectivity index (χ1v) is 7.53. The van der Waals surface area contributed by atoms with Gasteiger partial charge in [0.25, 0.3) is 0 Å². The molecule has 1 aromatic heterocycles. The van der Waals surface area contributed by atoms with Crippen molar-refractivity contribution in [3.63, 3.8) is 0 Å². The first-order valence-electron chi connectivity index (χ1n) is 6.78. The van der Waals surface area contributed by atoms with Crippen LogP contribution in [0.3, 0.4) is 0 Å². The van der Waals surface area contributed by atoms with E-state index in [1.165, 1.54) is 5.56 Å². The van der Waals surface area contributed by atoms with Crippen LogP contribution in [0, 0.1) is 0 Å². The van der Waals surface area contributed by atoms with Gasteiger partial charge in [-0.25, -0.2) is 0 Å². The average Bonchev–Trinajstić information content (AvgIpc) is 2.46. The van der Waals surface area contributed by atoms with Crippen LogP contribution < -0.4 is 5.32 Å². The van der Waals surface area contributed by atoms with Crippen LogP contribution >= 0.6 is 23.2 Å². The minimum Gasteiger partial charge on any atom is -0.310 e. The number of benzene rings is 1. The number of pyridine rings is 1. The van der Waals surface area contributed by atoms with Gasteiger partial charge in [-0.3, -0.25) is 4.98 Å². The van der Waals surface area contributed by atoms with E-state index in [-0.39, 0.29) is 6.04 Å². The Morgan fingerprint density at radius 2 is 1.90 bits per heavy atom. The summed E-state index contributed by atoms with van der Waals surface area (Å²) in [6.45, 7) is 3.05. The first kappa shape index (κ1) is 15.3. The van der Waals surface area contributed by atoms with Crippen LogP contribution in [-0.2, 0) is 6.42 Å². The van der Waals surface area contributed by atoms with E-state index in [4.69, 9.17) is 23.2 Å². The maximum atomic E-state index is 6.27. The van der Waals surface area contributed by atoms with Crippen molar-refractivity contribution in [2.75, 3.05) is 6.54 Å². The zero-order valence-electron chi connectivity index (χ0n) is 11.4. The summed E-state index contributed by atoms with van der Waals surface area (Å²) in [5.41, 5.74) is 2.39. The highest BCUT2D eigenvalue weighted by atomic mass is 35.5. The van der Waals surface area contributed by atoms with Gasteiger partial charge in [0, 0.05) is 28.5 Å². The standard InChI is InChI=1S/C16H18Cl2N2/c1-2-16(14-4-3-13(17)11-15(14)18)20-10-7-12-5-8-19-9-6-12/h3-6,8-9,11,16,20H,2,7,10H2,1H3. The molecule has 0 bridgehead atoms. The van der Waals surface area contributed by atoms with Gasteiger partial charge in [-0.05, 0) is 54.8 Å². The van der Waals surface area contributed by atoms with Gasteiger partial charge in [0.05, 0.1) is 0 Å². The molecule has 106 valence electrons. The SMILES string of the molecule is CCC(NCCc1ccncc1)c1ccc(Cl)cc1Cl. The highest BCUT2D eigenvalue weighted by molar-refractivity contribution is 6.35. The van der Waals surface area contributed by atoms with E-state index in [1.54, 1.807) is 6.07 Å². The van der Waals surface area contributed by atoms with Gasteiger partial charge in [0.15, 0.2) is 0 Å². The molecule has 0 aliphatic heterocycles. The van der Waals surface area contributed by atoms with Crippen molar-refractivity contribution in [3.05, 3.63) is 63.9 Å². The van der Waals surface area contributed by atoms with Gasteiger partial charge >= 0.3 is 0 Å². The Morgan fingerprint density at radius 3 is 2.55 bits per heavy atom. The molecule has 1 unspecified atom stereocenters. The Hall–Kier alpha value is -1.09. The molecule has 0 aliphatic carbocycles. The maximum absolute atomic E-state index is 6.27. The van der Waals surface area contributed by atoms with Gasteiger partial charge in [0.2, 0.25) is 0 Å². The van der Waals surface area contributed by atoms with Gasteiger partial charge < -0.3 is 5.32 Å². The lowest BCUT2D eigenvalue weighted by Gasteiger charge is -2.19. The number of hydrogen-bond acceptors (Lipinski definition) is 2. The summed E-state index contributed by atoms with van der Waals surface area (Å²) in [6, 6.07) is 10.0. The predicted molar refractivity (Wildman–Crippen MR) is 85.4 cm³/mol. The third kappa shape index (κ3) is 4.20. The smallest absolute Gasteiger partial charge is 0.0468 e. The van der Waals surface area contributed by atoms with Crippen molar-refractivity contribution in [2.45, 2.75) is 25.8 Å². The molecule has 1 N–H and O–H groups in total. The highest BCUT2D eigenvalue weighted by Gasteiger charge is 2.12. The summed E-state index contributed by atoms with van der Waals surface area (Å²) in [6.07, 6.45) is 5.60. The number of rotatable bonds is 6. The minimum atomic E-state index is 0.251. The van der Waals surface area contributed by atoms with Crippen molar-refractivity contribution < 1.29 is 0 Å². The molecule has 0 amide bonds. The van der Waals surface area contributed by atoms with Crippen LogP contribution in [0.15, 0.2) is 42.7 Å². The summed E-state index contributed by atoms with van der Waals surface area (Å²) in [4.78, 5) is 4.02. The van der Waals surface area contributed by atoms with Crippen molar-refractivity contribution in [2.24, 2.45) is 0 Å². The van der Waals surface area contributed by atoms with E-state index < -0.39 is 0 Å². The molecule has 0 saturated heterocycles. The Labute approximate surface area is 130 Å². The van der Waals surface area contributed by atoms with E-state index in [1.807, 2.05) is 36.7 Å². The molecule has 4 heteroatoms. The van der Waals surface area contributed by atoms with Crippen molar-refractivity contribution >= 4 is 23.2 Å². The molecule has 1 atom stereocenters. The van der Waals surface area contributed by atoms with Gasteiger partial charge in [-0.2, -0.15) is 0 Å². The van der Waals surface area contributed by atoms with Crippen molar-refractivity contribution in [1.82, 2.24) is 10.3 Å². The topological polar surface area (TPSA) is 24.9 Å². The fourth-order valence-corrected chi connectivity index (χ4v) is 2.74. The van der Waals surface area contributed by atoms with Crippen molar-refractivity contribution in [3.8, 4) is 0 Å². The van der Waals surface area contributed by atoms with Crippen LogP contribution in [0.4, 0.5) is 0 Å². The van der Waals surface area contributed by atoms with Crippen LogP contribution in [0.2, 0.25) is 10.0 Å². The largest absolute Gasteiger partial charge is 0.310 e. The highest BCUT2D eigenvalue weighted by Crippen LogP contribution is 2.27. The third-order valence-corrected chi connectivity index (χ3v) is 3.86. The molecule has 1 heterocycles. The molecule has 1 aromatic carbocycles. The number of halogens is 2. The van der Waals surface area contributed by atoms with Crippen LogP contribution in [0.1, 0.15) is 30.5 Å². The first-order chi connectivity index (χ1) is 9.70. The van der Waals surface area contributed by atoms with Gasteiger partial charge in [-0.15, -0.1) is 0 Å². The Kier molecular flexibility index (Phi) is 5.84. The monoisotopic (exact) mass is 308 g/mol. The second-order valence-electron chi connectivity index (χ2n) is 4.69. The van der Waals surface area contributed by atoms with E-state index in [9.17, 15) is 0 Å². The predicted octanol–water partition coefficient (Wildman–Crippen LogP) is 4.67. The number of aromatic nitrogens is 1. The zero-order chi connectivity index (χ0) is 14.4. The normalized spacial score (nSPS) is 12.3. The summed E-state index contributed by atoms with van der Waals surface area (Å²) in [5, 5.41) is 4.94. The molecule has 0 aliphatic rings. The van der Waals surface area contributed by atoms with Crippen LogP contribution in [0.25, 0.3) is 0 Å². The number of hydrogen-bond donors (Lipinski definition) is 1. The fourth-order valence-electron chi connectivity index (χ4n) is 2.20. The molecular formula is C16H18Cl2N2. The fraction of sp³-hybridized carbons (Fsp3) is 0.312. The molecule has 0 radical (unpaired) electrons. The lowest BCUT2D eigenvalue weighted by molar-refractivity contribution is 0.523. The molecule has 2 aromatic rings. The van der Waals surface area contributed by atoms with E-state index in [2.05, 4.69) is 17.2 Å². The quantitative estimate of drug-likeness (QED) is 0.838. The minimum absolute atomic E-state index is 0.251. The van der Waals surface area contributed by atoms with Gasteiger partial charge in [-0.1, -0.05) is 36.2 Å². The summed E-state index contributed by atoms with van der Waals surface area (Å²) in [7, 11) is 0. The Morgan fingerprint density at radius 1 is 1.15 bits per heavy atom. The molecular weight excluding hydrogens is 291 g/mol. The van der Waals surface area contributed by atoms with Crippen molar-refractivity contribution in [1.29, 1.82) is 0 Å². The number of nitrogens with zero attached hydrogens (tertiary/aromatic N) is 1. The van der Waals surface area contributed by atoms with Crippen LogP contribution in [-0.4, -0.2) is 11.5 Å². The molecule has 2 rings (SSSR count). The molecule has 20 heavy (non-hydrogen) atoms. The number of nitrogens with one attached hydrogen (secondary N) is 1. The Bertz CT molecular complexity index is 543. The lowest BCUT2D eigenvalue weighted by Crippen LogP contribution is -2.23. The summed E-state index contributed by atoms with van der Waals surface area (Å²) in [5.74, 6) is 0. The average molecular weight is 309 g/mol. The maximum Gasteiger partial charge on any atom is 0.0468 e. The summed E-state index contributed by atoms with van der Waals surface area (Å²) < 4.78 is 0. The van der Waals surface area contributed by atoms with E-state index >= 15 is 0 Å². The van der Waals surface area contributed by atoms with E-state index in [0.717, 1.165) is 30.0 Å². The Balaban J connectivity index is 1.95. The second-order valence-corrected chi connectivity index (χ2v) is 5.53. The van der Waals surface area contributed by atoms with Gasteiger partial charge in [0.1, 0.15) is 0 Å².